The third kappa shape index (κ3) is 2.77. The molecule has 1 fully saturated rings. The lowest BCUT2D eigenvalue weighted by atomic mass is 9.97. The number of methoxy groups -OCH3 is 1. The molecular weight excluding hydrogens is 340 g/mol. The summed E-state index contributed by atoms with van der Waals surface area (Å²) >= 11 is 0. The van der Waals surface area contributed by atoms with Crippen LogP contribution in [-0.4, -0.2) is 35.2 Å². The van der Waals surface area contributed by atoms with Crippen LogP contribution in [0, 0.1) is 0 Å². The zero-order chi connectivity index (χ0) is 18.2. The van der Waals surface area contributed by atoms with Crippen LogP contribution in [0.3, 0.4) is 0 Å². The van der Waals surface area contributed by atoms with Crippen molar-refractivity contribution in [3.8, 4) is 5.75 Å². The number of anilines is 1. The Morgan fingerprint density at radius 3 is 2.85 bits per heavy atom. The second-order valence-corrected chi connectivity index (χ2v) is 6.86. The van der Waals surface area contributed by atoms with Crippen molar-refractivity contribution in [2.45, 2.75) is 18.8 Å². The maximum atomic E-state index is 6.03. The van der Waals surface area contributed by atoms with Gasteiger partial charge >= 0.3 is 0 Å². The Morgan fingerprint density at radius 1 is 1.07 bits per heavy atom. The minimum absolute atomic E-state index is 0.242. The van der Waals surface area contributed by atoms with Crippen LogP contribution < -0.4 is 9.64 Å². The molecule has 1 aliphatic rings. The van der Waals surface area contributed by atoms with Gasteiger partial charge in [0.15, 0.2) is 11.5 Å². The Kier molecular flexibility index (Phi) is 3.89. The van der Waals surface area contributed by atoms with E-state index in [4.69, 9.17) is 14.1 Å². The molecule has 0 amide bonds. The molecule has 6 nitrogen and oxygen atoms in total. The molecule has 0 spiro atoms. The van der Waals surface area contributed by atoms with Gasteiger partial charge < -0.3 is 14.1 Å². The van der Waals surface area contributed by atoms with E-state index in [2.05, 4.69) is 14.9 Å². The summed E-state index contributed by atoms with van der Waals surface area (Å²) in [5, 5.41) is 0.959. The van der Waals surface area contributed by atoms with Crippen molar-refractivity contribution in [1.82, 2.24) is 15.0 Å². The Labute approximate surface area is 156 Å². The molecule has 136 valence electrons. The van der Waals surface area contributed by atoms with Crippen LogP contribution >= 0.6 is 0 Å². The number of ether oxygens (including phenoxy) is 1. The first-order valence-electron chi connectivity index (χ1n) is 9.21. The van der Waals surface area contributed by atoms with Gasteiger partial charge in [-0.05, 0) is 37.1 Å². The molecular formula is C21H20N4O2. The van der Waals surface area contributed by atoms with Gasteiger partial charge in [-0.2, -0.15) is 0 Å². The number of rotatable bonds is 3. The molecule has 0 aliphatic carbocycles. The zero-order valence-corrected chi connectivity index (χ0v) is 15.1. The number of piperidine rings is 1. The molecule has 2 aromatic carbocycles. The van der Waals surface area contributed by atoms with Crippen LogP contribution in [0.5, 0.6) is 5.75 Å². The Morgan fingerprint density at radius 2 is 1.96 bits per heavy atom. The van der Waals surface area contributed by atoms with Crippen molar-refractivity contribution in [1.29, 1.82) is 0 Å². The van der Waals surface area contributed by atoms with E-state index in [1.54, 1.807) is 13.4 Å². The normalized spacial score (nSPS) is 17.5. The zero-order valence-electron chi connectivity index (χ0n) is 15.1. The van der Waals surface area contributed by atoms with Crippen LogP contribution in [0.15, 0.2) is 53.2 Å². The second kappa shape index (κ2) is 6.54. The van der Waals surface area contributed by atoms with Gasteiger partial charge in [0, 0.05) is 13.1 Å². The second-order valence-electron chi connectivity index (χ2n) is 6.86. The Bertz CT molecular complexity index is 1070. The number of oxazole rings is 1. The van der Waals surface area contributed by atoms with Crippen LogP contribution in [0.4, 0.5) is 5.82 Å². The lowest BCUT2D eigenvalue weighted by Crippen LogP contribution is -2.35. The molecule has 1 unspecified atom stereocenters. The van der Waals surface area contributed by atoms with Crippen molar-refractivity contribution in [2.75, 3.05) is 25.1 Å². The van der Waals surface area contributed by atoms with E-state index < -0.39 is 0 Å². The predicted molar refractivity (Wildman–Crippen MR) is 104 cm³/mol. The smallest absolute Gasteiger partial charge is 0.200 e. The number of nitrogens with zero attached hydrogens (tertiary/aromatic N) is 4. The van der Waals surface area contributed by atoms with Gasteiger partial charge in [-0.3, -0.25) is 0 Å². The molecule has 1 atom stereocenters. The van der Waals surface area contributed by atoms with E-state index in [1.807, 2.05) is 42.5 Å². The van der Waals surface area contributed by atoms with Gasteiger partial charge in [-0.25, -0.2) is 15.0 Å². The fraction of sp³-hybridized carbons (Fsp3) is 0.286. The topological polar surface area (TPSA) is 64.3 Å². The number of hydrogen-bond acceptors (Lipinski definition) is 6. The van der Waals surface area contributed by atoms with E-state index in [0.717, 1.165) is 65.4 Å². The molecule has 27 heavy (non-hydrogen) atoms. The minimum Gasteiger partial charge on any atom is -0.496 e. The molecule has 2 aromatic heterocycles. The van der Waals surface area contributed by atoms with Gasteiger partial charge in [0.2, 0.25) is 0 Å². The van der Waals surface area contributed by atoms with Crippen LogP contribution in [0.2, 0.25) is 0 Å². The summed E-state index contributed by atoms with van der Waals surface area (Å²) in [7, 11) is 1.68. The van der Waals surface area contributed by atoms with E-state index in [-0.39, 0.29) is 5.92 Å². The summed E-state index contributed by atoms with van der Waals surface area (Å²) in [4.78, 5) is 16.0. The first kappa shape index (κ1) is 16.1. The lowest BCUT2D eigenvalue weighted by molar-refractivity contribution is 0.411. The van der Waals surface area contributed by atoms with E-state index >= 15 is 0 Å². The molecule has 4 aromatic rings. The van der Waals surface area contributed by atoms with E-state index in [0.29, 0.717) is 0 Å². The highest BCUT2D eigenvalue weighted by molar-refractivity contribution is 5.94. The molecule has 5 rings (SSSR count). The lowest BCUT2D eigenvalue weighted by Gasteiger charge is -2.32. The van der Waals surface area contributed by atoms with Gasteiger partial charge in [0.25, 0.3) is 0 Å². The fourth-order valence-corrected chi connectivity index (χ4v) is 3.91. The summed E-state index contributed by atoms with van der Waals surface area (Å²) in [5.74, 6) is 2.77. The molecule has 1 aliphatic heterocycles. The number of hydrogen-bond donors (Lipinski definition) is 0. The number of para-hydroxylation sites is 2. The molecule has 1 saturated heterocycles. The standard InChI is InChI=1S/C21H20N4O2/c1-26-18-10-4-8-16-19(18)20(23-13-22-16)25-11-5-6-14(12-25)21-24-15-7-2-3-9-17(15)27-21/h2-4,7-10,13-14H,5-6,11-12H2,1H3. The van der Waals surface area contributed by atoms with Crippen molar-refractivity contribution >= 4 is 27.8 Å². The molecule has 6 heteroatoms. The average Bonchev–Trinajstić information content (AvgIpc) is 3.17. The van der Waals surface area contributed by atoms with Gasteiger partial charge in [-0.15, -0.1) is 0 Å². The van der Waals surface area contributed by atoms with E-state index in [1.165, 1.54) is 0 Å². The van der Waals surface area contributed by atoms with Gasteiger partial charge in [0.1, 0.15) is 23.4 Å². The monoisotopic (exact) mass is 360 g/mol. The van der Waals surface area contributed by atoms with Crippen LogP contribution in [0.25, 0.3) is 22.0 Å². The summed E-state index contributed by atoms with van der Waals surface area (Å²) in [6, 6.07) is 13.8. The first-order chi connectivity index (χ1) is 13.3. The minimum atomic E-state index is 0.242. The highest BCUT2D eigenvalue weighted by Gasteiger charge is 2.27. The van der Waals surface area contributed by atoms with Crippen LogP contribution in [-0.2, 0) is 0 Å². The first-order valence-corrected chi connectivity index (χ1v) is 9.21. The fourth-order valence-electron chi connectivity index (χ4n) is 3.91. The number of benzene rings is 2. The van der Waals surface area contributed by atoms with Gasteiger partial charge in [-0.1, -0.05) is 18.2 Å². The van der Waals surface area contributed by atoms with Crippen molar-refractivity contribution in [2.24, 2.45) is 0 Å². The van der Waals surface area contributed by atoms with Crippen molar-refractivity contribution in [3.05, 3.63) is 54.7 Å². The van der Waals surface area contributed by atoms with E-state index in [9.17, 15) is 0 Å². The maximum absolute atomic E-state index is 6.03. The number of aromatic nitrogens is 3. The summed E-state index contributed by atoms with van der Waals surface area (Å²) in [6.45, 7) is 1.76. The summed E-state index contributed by atoms with van der Waals surface area (Å²) in [6.07, 6.45) is 3.74. The highest BCUT2D eigenvalue weighted by atomic mass is 16.5. The summed E-state index contributed by atoms with van der Waals surface area (Å²) < 4.78 is 11.6. The summed E-state index contributed by atoms with van der Waals surface area (Å²) in [5.41, 5.74) is 2.65. The number of fused-ring (bicyclic) bond motifs is 2. The van der Waals surface area contributed by atoms with Crippen molar-refractivity contribution < 1.29 is 9.15 Å². The quantitative estimate of drug-likeness (QED) is 0.546. The Hall–Kier alpha value is -3.15. The van der Waals surface area contributed by atoms with Crippen LogP contribution in [0.1, 0.15) is 24.7 Å². The Balaban J connectivity index is 1.52. The average molecular weight is 360 g/mol. The predicted octanol–water partition coefficient (Wildman–Crippen LogP) is 4.16. The molecule has 0 saturated carbocycles. The SMILES string of the molecule is COc1cccc2ncnc(N3CCCC(c4nc5ccccc5o4)C3)c12. The van der Waals surface area contributed by atoms with Gasteiger partial charge in [0.05, 0.1) is 23.9 Å². The molecule has 0 radical (unpaired) electrons. The molecule has 0 N–H and O–H groups in total. The molecule has 0 bridgehead atoms. The third-order valence-corrected chi connectivity index (χ3v) is 5.21. The molecule has 3 heterocycles. The maximum Gasteiger partial charge on any atom is 0.200 e. The highest BCUT2D eigenvalue weighted by Crippen LogP contribution is 2.36. The van der Waals surface area contributed by atoms with Crippen molar-refractivity contribution in [3.63, 3.8) is 0 Å². The third-order valence-electron chi connectivity index (χ3n) is 5.21. The largest absolute Gasteiger partial charge is 0.496 e.